The standard InChI is InChI=1S/C24H52N.C6H6O3S/c1-5-9-13-17-21-25(22-18-14-10-6-2,23-19-15-11-7-3)24-20-16-12-8-4;7-10(8,9)6-4-2-1-3-5-6/h5-24H2,1-4H3;1-5H,(H,7,8,9)/q+1;. The van der Waals surface area contributed by atoms with Crippen LogP contribution in [-0.2, 0) is 10.1 Å². The molecule has 5 heteroatoms. The van der Waals surface area contributed by atoms with Crippen molar-refractivity contribution < 1.29 is 17.5 Å². The normalized spacial score (nSPS) is 11.8. The van der Waals surface area contributed by atoms with E-state index in [9.17, 15) is 8.42 Å². The van der Waals surface area contributed by atoms with E-state index in [4.69, 9.17) is 4.55 Å². The Morgan fingerprint density at radius 3 is 1.09 bits per heavy atom. The predicted octanol–water partition coefficient (Wildman–Crippen LogP) is 9.06. The van der Waals surface area contributed by atoms with Crippen LogP contribution in [0, 0.1) is 0 Å². The maximum absolute atomic E-state index is 10.4. The molecule has 1 aromatic carbocycles. The summed E-state index contributed by atoms with van der Waals surface area (Å²) in [6.07, 6.45) is 22.8. The molecule has 0 amide bonds. The van der Waals surface area contributed by atoms with Crippen molar-refractivity contribution in [2.75, 3.05) is 26.2 Å². The lowest BCUT2D eigenvalue weighted by Crippen LogP contribution is -2.50. The van der Waals surface area contributed by atoms with Gasteiger partial charge in [-0.05, 0) is 63.5 Å². The Bertz CT molecular complexity index is 623. The van der Waals surface area contributed by atoms with Crippen molar-refractivity contribution in [1.82, 2.24) is 0 Å². The van der Waals surface area contributed by atoms with E-state index in [1.54, 1.807) is 18.2 Å². The zero-order chi connectivity index (χ0) is 26.3. The number of nitrogens with zero attached hydrogens (tertiary/aromatic N) is 1. The molecule has 0 bridgehead atoms. The summed E-state index contributed by atoms with van der Waals surface area (Å²) in [4.78, 5) is -0.0741. The first-order chi connectivity index (χ1) is 16.8. The van der Waals surface area contributed by atoms with Crippen molar-refractivity contribution in [1.29, 1.82) is 0 Å². The van der Waals surface area contributed by atoms with Crippen LogP contribution in [0.3, 0.4) is 0 Å². The van der Waals surface area contributed by atoms with E-state index < -0.39 is 10.1 Å². The van der Waals surface area contributed by atoms with Crippen molar-refractivity contribution in [3.8, 4) is 0 Å². The van der Waals surface area contributed by atoms with Gasteiger partial charge in [0.05, 0.1) is 31.1 Å². The van der Waals surface area contributed by atoms with E-state index >= 15 is 0 Å². The summed E-state index contributed by atoms with van der Waals surface area (Å²) in [5.41, 5.74) is 0. The predicted molar refractivity (Wildman–Crippen MR) is 153 cm³/mol. The molecule has 0 spiro atoms. The average Bonchev–Trinajstić information content (AvgIpc) is 2.85. The van der Waals surface area contributed by atoms with Crippen LogP contribution < -0.4 is 0 Å². The number of rotatable bonds is 21. The van der Waals surface area contributed by atoms with Gasteiger partial charge in [-0.1, -0.05) is 97.3 Å². The molecule has 0 fully saturated rings. The topological polar surface area (TPSA) is 54.4 Å². The van der Waals surface area contributed by atoms with Gasteiger partial charge < -0.3 is 4.48 Å². The van der Waals surface area contributed by atoms with Gasteiger partial charge in [0, 0.05) is 0 Å². The highest BCUT2D eigenvalue weighted by molar-refractivity contribution is 7.85. The third-order valence-electron chi connectivity index (χ3n) is 6.99. The molecule has 0 unspecified atom stereocenters. The summed E-state index contributed by atoms with van der Waals surface area (Å²) in [6.45, 7) is 15.2. The summed E-state index contributed by atoms with van der Waals surface area (Å²) in [7, 11) is -4.00. The molecule has 0 atom stereocenters. The van der Waals surface area contributed by atoms with E-state index in [-0.39, 0.29) is 4.90 Å². The van der Waals surface area contributed by atoms with Crippen molar-refractivity contribution in [2.24, 2.45) is 0 Å². The summed E-state index contributed by atoms with van der Waals surface area (Å²) in [6, 6.07) is 7.42. The first-order valence-corrected chi connectivity index (χ1v) is 16.2. The van der Waals surface area contributed by atoms with Crippen molar-refractivity contribution in [3.05, 3.63) is 30.3 Å². The number of quaternary nitrogens is 1. The van der Waals surface area contributed by atoms with Crippen molar-refractivity contribution >= 4 is 10.1 Å². The SMILES string of the molecule is CCCCCC[N+](CCCCCC)(CCCCCC)CCCCCC.O=S(=O)(O)c1ccccc1. The highest BCUT2D eigenvalue weighted by Crippen LogP contribution is 2.19. The largest absolute Gasteiger partial charge is 0.324 e. The zero-order valence-electron chi connectivity index (χ0n) is 23.6. The molecule has 35 heavy (non-hydrogen) atoms. The monoisotopic (exact) mass is 512 g/mol. The number of unbranched alkanes of at least 4 members (excludes halogenated alkanes) is 12. The summed E-state index contributed by atoms with van der Waals surface area (Å²) in [5.74, 6) is 0. The van der Waals surface area contributed by atoms with E-state index in [0.717, 1.165) is 0 Å². The van der Waals surface area contributed by atoms with Gasteiger partial charge in [-0.15, -0.1) is 0 Å². The maximum atomic E-state index is 10.4. The quantitative estimate of drug-likeness (QED) is 0.101. The Balaban J connectivity index is 0.000000952. The van der Waals surface area contributed by atoms with Gasteiger partial charge >= 0.3 is 0 Å². The second kappa shape index (κ2) is 22.3. The summed E-state index contributed by atoms with van der Waals surface area (Å²) in [5, 5.41) is 0. The van der Waals surface area contributed by atoms with Crippen molar-refractivity contribution in [2.45, 2.75) is 135 Å². The number of hydrogen-bond donors (Lipinski definition) is 1. The second-order valence-electron chi connectivity index (χ2n) is 10.3. The van der Waals surface area contributed by atoms with Crippen LogP contribution in [0.2, 0.25) is 0 Å². The highest BCUT2D eigenvalue weighted by Gasteiger charge is 2.25. The van der Waals surface area contributed by atoms with E-state index in [0.29, 0.717) is 0 Å². The molecule has 0 aliphatic heterocycles. The Morgan fingerprint density at radius 2 is 0.857 bits per heavy atom. The number of hydrogen-bond acceptors (Lipinski definition) is 2. The lowest BCUT2D eigenvalue weighted by molar-refractivity contribution is -0.929. The lowest BCUT2D eigenvalue weighted by Gasteiger charge is -2.39. The van der Waals surface area contributed by atoms with E-state index in [1.807, 2.05) is 0 Å². The van der Waals surface area contributed by atoms with Crippen LogP contribution in [0.5, 0.6) is 0 Å². The van der Waals surface area contributed by atoms with Crippen molar-refractivity contribution in [3.63, 3.8) is 0 Å². The molecule has 0 aromatic heterocycles. The van der Waals surface area contributed by atoms with Gasteiger partial charge in [-0.2, -0.15) is 8.42 Å². The van der Waals surface area contributed by atoms with Crippen LogP contribution in [0.25, 0.3) is 0 Å². The summed E-state index contributed by atoms with van der Waals surface area (Å²) < 4.78 is 30.7. The average molecular weight is 513 g/mol. The molecule has 0 heterocycles. The van der Waals surface area contributed by atoms with Gasteiger partial charge in [0.1, 0.15) is 0 Å². The van der Waals surface area contributed by atoms with E-state index in [1.165, 1.54) is 146 Å². The van der Waals surface area contributed by atoms with Gasteiger partial charge in [0.2, 0.25) is 0 Å². The first kappa shape index (κ1) is 34.1. The fraction of sp³-hybridized carbons (Fsp3) is 0.800. The first-order valence-electron chi connectivity index (χ1n) is 14.7. The Hall–Kier alpha value is -0.910. The van der Waals surface area contributed by atoms with Crippen LogP contribution in [0.15, 0.2) is 35.2 Å². The Kier molecular flexibility index (Phi) is 21.7. The molecule has 0 saturated heterocycles. The van der Waals surface area contributed by atoms with Gasteiger partial charge in [0.25, 0.3) is 10.1 Å². The molecule has 1 N–H and O–H groups in total. The van der Waals surface area contributed by atoms with Crippen LogP contribution in [0.4, 0.5) is 0 Å². The second-order valence-corrected chi connectivity index (χ2v) is 11.7. The van der Waals surface area contributed by atoms with Gasteiger partial charge in [0.15, 0.2) is 0 Å². The fourth-order valence-electron chi connectivity index (χ4n) is 4.76. The molecule has 1 aromatic rings. The van der Waals surface area contributed by atoms with Crippen LogP contribution >= 0.6 is 0 Å². The maximum Gasteiger partial charge on any atom is 0.294 e. The minimum absolute atomic E-state index is 0.0741. The molecule has 0 saturated carbocycles. The minimum Gasteiger partial charge on any atom is -0.324 e. The lowest BCUT2D eigenvalue weighted by atomic mass is 10.1. The fourth-order valence-corrected chi connectivity index (χ4v) is 5.26. The molecule has 4 nitrogen and oxygen atoms in total. The minimum atomic E-state index is -4.00. The van der Waals surface area contributed by atoms with Crippen LogP contribution in [0.1, 0.15) is 130 Å². The third-order valence-corrected chi connectivity index (χ3v) is 7.85. The Labute approximate surface area is 219 Å². The smallest absolute Gasteiger partial charge is 0.294 e. The molecular weight excluding hydrogens is 454 g/mol. The summed E-state index contributed by atoms with van der Waals surface area (Å²) >= 11 is 0. The highest BCUT2D eigenvalue weighted by atomic mass is 32.2. The third kappa shape index (κ3) is 18.9. The zero-order valence-corrected chi connectivity index (χ0v) is 24.5. The molecule has 206 valence electrons. The molecule has 0 radical (unpaired) electrons. The number of benzene rings is 1. The molecular formula is C30H58NO3S+. The van der Waals surface area contributed by atoms with Crippen LogP contribution in [-0.4, -0.2) is 43.6 Å². The van der Waals surface area contributed by atoms with Gasteiger partial charge in [-0.3, -0.25) is 4.55 Å². The molecule has 1 rings (SSSR count). The van der Waals surface area contributed by atoms with E-state index in [2.05, 4.69) is 27.7 Å². The Morgan fingerprint density at radius 1 is 0.543 bits per heavy atom. The molecule has 0 aliphatic carbocycles. The van der Waals surface area contributed by atoms with Gasteiger partial charge in [-0.25, -0.2) is 0 Å². The molecule has 0 aliphatic rings.